The highest BCUT2D eigenvalue weighted by molar-refractivity contribution is 5.76. The number of anilines is 1. The summed E-state index contributed by atoms with van der Waals surface area (Å²) in [6.45, 7) is 4.75. The molecule has 0 aliphatic rings. The lowest BCUT2D eigenvalue weighted by Gasteiger charge is -2.17. The molecule has 104 valence electrons. The Hall–Kier alpha value is -1.97. The van der Waals surface area contributed by atoms with Crippen molar-refractivity contribution in [3.05, 3.63) is 36.9 Å². The zero-order chi connectivity index (χ0) is 14.1. The molecule has 0 aromatic heterocycles. The molecule has 1 aromatic rings. The predicted octanol–water partition coefficient (Wildman–Crippen LogP) is 2.46. The van der Waals surface area contributed by atoms with E-state index in [2.05, 4.69) is 6.58 Å². The Labute approximate surface area is 114 Å². The lowest BCUT2D eigenvalue weighted by molar-refractivity contribution is -0.130. The van der Waals surface area contributed by atoms with Gasteiger partial charge in [-0.1, -0.05) is 18.2 Å². The van der Waals surface area contributed by atoms with Crippen molar-refractivity contribution in [1.29, 1.82) is 0 Å². The first-order valence-electron chi connectivity index (χ1n) is 6.47. The van der Waals surface area contributed by atoms with Gasteiger partial charge in [-0.2, -0.15) is 0 Å². The van der Waals surface area contributed by atoms with E-state index < -0.39 is 0 Å². The smallest absolute Gasteiger partial charge is 0.225 e. The van der Waals surface area contributed by atoms with Crippen molar-refractivity contribution >= 4 is 11.6 Å². The number of carbonyl (C=O) groups is 1. The molecule has 0 spiro atoms. The van der Waals surface area contributed by atoms with Gasteiger partial charge in [0.25, 0.3) is 0 Å². The van der Waals surface area contributed by atoms with Gasteiger partial charge in [0.2, 0.25) is 5.91 Å². The van der Waals surface area contributed by atoms with Crippen molar-refractivity contribution in [2.24, 2.45) is 0 Å². The molecule has 0 saturated carbocycles. The second kappa shape index (κ2) is 8.19. The van der Waals surface area contributed by atoms with E-state index >= 15 is 0 Å². The fourth-order valence-electron chi connectivity index (χ4n) is 1.65. The fraction of sp³-hybridized carbons (Fsp3) is 0.400. The molecule has 2 N–H and O–H groups in total. The van der Waals surface area contributed by atoms with Crippen LogP contribution in [-0.4, -0.2) is 31.0 Å². The molecule has 0 unspecified atom stereocenters. The van der Waals surface area contributed by atoms with Gasteiger partial charge in [-0.25, -0.2) is 0 Å². The maximum Gasteiger partial charge on any atom is 0.225 e. The molecule has 0 bridgehead atoms. The first-order valence-corrected chi connectivity index (χ1v) is 6.47. The van der Waals surface area contributed by atoms with E-state index in [1.165, 1.54) is 0 Å². The number of nitrogens with zero attached hydrogens (tertiary/aromatic N) is 1. The number of ether oxygens (including phenoxy) is 1. The fourth-order valence-corrected chi connectivity index (χ4v) is 1.65. The van der Waals surface area contributed by atoms with Gasteiger partial charge in [-0.05, 0) is 25.0 Å². The van der Waals surface area contributed by atoms with Gasteiger partial charge in [0.05, 0.1) is 18.7 Å². The van der Waals surface area contributed by atoms with Gasteiger partial charge in [0.1, 0.15) is 5.75 Å². The lowest BCUT2D eigenvalue weighted by Crippen LogP contribution is -2.28. The maximum absolute atomic E-state index is 11.8. The molecule has 0 aliphatic carbocycles. The van der Waals surface area contributed by atoms with Crippen LogP contribution in [0.2, 0.25) is 0 Å². The Balaban J connectivity index is 2.27. The van der Waals surface area contributed by atoms with E-state index in [0.717, 1.165) is 19.4 Å². The molecular formula is C15H22N2O2. The summed E-state index contributed by atoms with van der Waals surface area (Å²) >= 11 is 0. The molecule has 4 nitrogen and oxygen atoms in total. The molecule has 1 rings (SSSR count). The number of carbonyl (C=O) groups excluding carboxylic acids is 1. The summed E-state index contributed by atoms with van der Waals surface area (Å²) in [6.07, 6.45) is 4.09. The molecular weight excluding hydrogens is 240 g/mol. The zero-order valence-corrected chi connectivity index (χ0v) is 11.5. The third-order valence-electron chi connectivity index (χ3n) is 2.82. The minimum absolute atomic E-state index is 0.0820. The van der Waals surface area contributed by atoms with Crippen LogP contribution < -0.4 is 10.5 Å². The van der Waals surface area contributed by atoms with E-state index in [-0.39, 0.29) is 5.91 Å². The van der Waals surface area contributed by atoms with Gasteiger partial charge in [0.15, 0.2) is 0 Å². The van der Waals surface area contributed by atoms with E-state index in [0.29, 0.717) is 24.5 Å². The molecule has 0 saturated heterocycles. The number of para-hydroxylation sites is 2. The number of nitrogen functional groups attached to an aromatic ring is 1. The Kier molecular flexibility index (Phi) is 6.50. The second-order valence-corrected chi connectivity index (χ2v) is 4.38. The third-order valence-corrected chi connectivity index (χ3v) is 2.82. The average Bonchev–Trinajstić information content (AvgIpc) is 2.41. The Morgan fingerprint density at radius 3 is 2.89 bits per heavy atom. The van der Waals surface area contributed by atoms with E-state index in [1.807, 2.05) is 25.3 Å². The van der Waals surface area contributed by atoms with Gasteiger partial charge in [-0.3, -0.25) is 4.79 Å². The normalized spacial score (nSPS) is 9.95. The molecule has 0 heterocycles. The topological polar surface area (TPSA) is 55.6 Å². The summed E-state index contributed by atoms with van der Waals surface area (Å²) in [7, 11) is 1.81. The highest BCUT2D eigenvalue weighted by atomic mass is 16.5. The number of benzene rings is 1. The van der Waals surface area contributed by atoms with Crippen LogP contribution in [0, 0.1) is 0 Å². The van der Waals surface area contributed by atoms with Crippen molar-refractivity contribution in [1.82, 2.24) is 4.90 Å². The van der Waals surface area contributed by atoms with Gasteiger partial charge >= 0.3 is 0 Å². The molecule has 19 heavy (non-hydrogen) atoms. The van der Waals surface area contributed by atoms with Crippen molar-refractivity contribution < 1.29 is 9.53 Å². The SMILES string of the molecule is C=CCCCN(C)C(=O)CCOc1ccccc1N. The largest absolute Gasteiger partial charge is 0.491 e. The average molecular weight is 262 g/mol. The molecule has 1 aromatic carbocycles. The van der Waals surface area contributed by atoms with Crippen LogP contribution in [-0.2, 0) is 4.79 Å². The first-order chi connectivity index (χ1) is 9.15. The Bertz CT molecular complexity index is 418. The van der Waals surface area contributed by atoms with Crippen LogP contribution in [0.4, 0.5) is 5.69 Å². The standard InChI is InChI=1S/C15H22N2O2/c1-3-4-7-11-17(2)15(18)10-12-19-14-9-6-5-8-13(14)16/h3,5-6,8-9H,1,4,7,10-12,16H2,2H3. The Morgan fingerprint density at radius 1 is 1.47 bits per heavy atom. The summed E-state index contributed by atoms with van der Waals surface area (Å²) < 4.78 is 5.49. The molecule has 0 aliphatic heterocycles. The second-order valence-electron chi connectivity index (χ2n) is 4.38. The third kappa shape index (κ3) is 5.46. The van der Waals surface area contributed by atoms with Gasteiger partial charge in [0, 0.05) is 13.6 Å². The summed E-state index contributed by atoms with van der Waals surface area (Å²) in [6, 6.07) is 7.28. The summed E-state index contributed by atoms with van der Waals surface area (Å²) in [4.78, 5) is 13.5. The van der Waals surface area contributed by atoms with Crippen LogP contribution in [0.25, 0.3) is 0 Å². The molecule has 4 heteroatoms. The maximum atomic E-state index is 11.8. The summed E-state index contributed by atoms with van der Waals surface area (Å²) in [5.74, 6) is 0.711. The highest BCUT2D eigenvalue weighted by Gasteiger charge is 2.08. The molecule has 0 fully saturated rings. The molecule has 1 amide bonds. The van der Waals surface area contributed by atoms with Gasteiger partial charge < -0.3 is 15.4 Å². The van der Waals surface area contributed by atoms with Crippen molar-refractivity contribution in [3.8, 4) is 5.75 Å². The molecule has 0 atom stereocenters. The zero-order valence-electron chi connectivity index (χ0n) is 11.5. The van der Waals surface area contributed by atoms with Crippen molar-refractivity contribution in [2.45, 2.75) is 19.3 Å². The number of allylic oxidation sites excluding steroid dienone is 1. The van der Waals surface area contributed by atoms with E-state index in [1.54, 1.807) is 17.0 Å². The highest BCUT2D eigenvalue weighted by Crippen LogP contribution is 2.19. The minimum atomic E-state index is 0.0820. The number of amides is 1. The van der Waals surface area contributed by atoms with E-state index in [9.17, 15) is 4.79 Å². The molecule has 0 radical (unpaired) electrons. The number of unbranched alkanes of at least 4 members (excludes halogenated alkanes) is 1. The quantitative estimate of drug-likeness (QED) is 0.445. The first kappa shape index (κ1) is 15.1. The van der Waals surface area contributed by atoms with Crippen LogP contribution in [0.3, 0.4) is 0 Å². The van der Waals surface area contributed by atoms with E-state index in [4.69, 9.17) is 10.5 Å². The monoisotopic (exact) mass is 262 g/mol. The summed E-state index contributed by atoms with van der Waals surface area (Å²) in [5.41, 5.74) is 6.34. The number of nitrogens with two attached hydrogens (primary N) is 1. The predicted molar refractivity (Wildman–Crippen MR) is 78.0 cm³/mol. The summed E-state index contributed by atoms with van der Waals surface area (Å²) in [5, 5.41) is 0. The van der Waals surface area contributed by atoms with Crippen molar-refractivity contribution in [2.75, 3.05) is 25.9 Å². The minimum Gasteiger partial charge on any atom is -0.491 e. The number of hydrogen-bond donors (Lipinski definition) is 1. The van der Waals surface area contributed by atoms with Crippen LogP contribution >= 0.6 is 0 Å². The van der Waals surface area contributed by atoms with Crippen LogP contribution in [0.1, 0.15) is 19.3 Å². The number of rotatable bonds is 8. The van der Waals surface area contributed by atoms with Crippen molar-refractivity contribution in [3.63, 3.8) is 0 Å². The van der Waals surface area contributed by atoms with Gasteiger partial charge in [-0.15, -0.1) is 6.58 Å². The van der Waals surface area contributed by atoms with Crippen LogP contribution in [0.5, 0.6) is 5.75 Å². The lowest BCUT2D eigenvalue weighted by atomic mass is 10.3. The van der Waals surface area contributed by atoms with Crippen LogP contribution in [0.15, 0.2) is 36.9 Å². The Morgan fingerprint density at radius 2 is 2.21 bits per heavy atom. The number of hydrogen-bond acceptors (Lipinski definition) is 3.